The maximum absolute atomic E-state index is 2.50. The third kappa shape index (κ3) is 13.3. The summed E-state index contributed by atoms with van der Waals surface area (Å²) in [5.74, 6) is 0. The highest BCUT2D eigenvalue weighted by Crippen LogP contribution is 2.67. The van der Waals surface area contributed by atoms with Gasteiger partial charge in [-0.1, -0.05) is 413 Å². The van der Waals surface area contributed by atoms with Crippen LogP contribution in [0.5, 0.6) is 0 Å². The van der Waals surface area contributed by atoms with Crippen LogP contribution in [0.15, 0.2) is 570 Å². The van der Waals surface area contributed by atoms with Gasteiger partial charge in [-0.05, 0) is 269 Å². The molecule has 0 N–H and O–H groups in total. The molecule has 2 aliphatic carbocycles. The standard InChI is InChI=1S/C73H49N3.C67H45N3/c1-3-21-52(22-4-1)57-25-7-8-26-58(57)61-28-10-16-34-68(61)74(54-43-39-50(40-44-54)51-41-45-55(46-42-51)75-69-35-17-11-29-62(69)63-30-12-18-36-70(63)75)56-47-48-60-59-27-9-13-31-64(59)73(67(60)49-56)65-32-14-19-37-71(65)76(53-23-5-2-6-24-53)72-38-20-15-33-66(72)73;1-3-21-46(22-4-1)51-25-7-8-26-52(51)55-28-10-16-34-62(55)68(48-39-41-49(42-40-48)69-63-35-17-11-29-56(63)57-30-12-18-36-64(57)69)50-43-44-54-53-27-9-13-31-58(53)67(61(54)45-50)59-32-14-19-37-65(59)70(47-23-5-2-6-24-47)66-38-20-15-33-60(66)67/h1-49H;1-45H. The van der Waals surface area contributed by atoms with Gasteiger partial charge in [-0.3, -0.25) is 0 Å². The third-order valence-corrected chi connectivity index (χ3v) is 30.8. The van der Waals surface area contributed by atoms with Crippen molar-refractivity contribution < 1.29 is 0 Å². The largest absolute Gasteiger partial charge is 0.310 e. The molecule has 684 valence electrons. The van der Waals surface area contributed by atoms with E-state index in [-0.39, 0.29) is 0 Å². The molecule has 2 aliphatic heterocycles. The van der Waals surface area contributed by atoms with E-state index in [4.69, 9.17) is 0 Å². The first kappa shape index (κ1) is 84.9. The smallest absolute Gasteiger partial charge is 0.0755 e. The van der Waals surface area contributed by atoms with Crippen molar-refractivity contribution in [2.24, 2.45) is 0 Å². The number of anilines is 12. The first-order valence-electron chi connectivity index (χ1n) is 50.4. The first-order chi connectivity index (χ1) is 72.5. The Bertz CT molecular complexity index is 9190. The Labute approximate surface area is 849 Å². The summed E-state index contributed by atoms with van der Waals surface area (Å²) in [4.78, 5) is 9.87. The molecule has 4 aliphatic rings. The summed E-state index contributed by atoms with van der Waals surface area (Å²) in [5.41, 5.74) is 46.3. The summed E-state index contributed by atoms with van der Waals surface area (Å²) in [6, 6.07) is 210. The maximum Gasteiger partial charge on any atom is 0.0755 e. The Kier molecular flexibility index (Phi) is 20.3. The molecule has 0 atom stereocenters. The molecular formula is C140H94N6. The molecule has 0 radical (unpaired) electrons. The zero-order chi connectivity index (χ0) is 96.3. The molecule has 6 nitrogen and oxygen atoms in total. The first-order valence-corrected chi connectivity index (χ1v) is 50.4. The van der Waals surface area contributed by atoms with Gasteiger partial charge in [0, 0.05) is 78.2 Å². The number of para-hydroxylation sites is 12. The van der Waals surface area contributed by atoms with Gasteiger partial charge in [0.2, 0.25) is 0 Å². The lowest BCUT2D eigenvalue weighted by Gasteiger charge is -2.45. The van der Waals surface area contributed by atoms with Crippen molar-refractivity contribution in [2.45, 2.75) is 10.8 Å². The van der Waals surface area contributed by atoms with Crippen LogP contribution >= 0.6 is 0 Å². The molecule has 2 aromatic heterocycles. The lowest BCUT2D eigenvalue weighted by Crippen LogP contribution is -2.36. The van der Waals surface area contributed by atoms with Gasteiger partial charge in [-0.15, -0.1) is 0 Å². The van der Waals surface area contributed by atoms with Crippen LogP contribution in [-0.4, -0.2) is 9.13 Å². The molecule has 0 saturated heterocycles. The number of rotatable bonds is 15. The minimum absolute atomic E-state index is 0.605. The SMILES string of the molecule is c1ccc(-c2ccccc2-c2ccccc2N(c2ccc(-c3ccc(-n4c5ccccc5c5ccccc54)cc3)cc2)c2ccc3c(c2)C2(c4ccccc4-3)c3ccccc3N(c3ccccc3)c3ccccc32)cc1.c1ccc(-c2ccccc2-c2ccccc2N(c2ccc(-n3c4ccccc4c4ccccc43)cc2)c2ccc3c(c2)C2(c4ccccc4-3)c3ccccc3N(c3ccccc3)c3ccccc32)cc1. The zero-order valence-electron chi connectivity index (χ0n) is 80.0. The van der Waals surface area contributed by atoms with E-state index in [1.54, 1.807) is 0 Å². The Hall–Kier alpha value is -19.1. The lowest BCUT2D eigenvalue weighted by atomic mass is 9.64. The highest BCUT2D eigenvalue weighted by atomic mass is 15.2. The quantitative estimate of drug-likeness (QED) is 0.102. The van der Waals surface area contributed by atoms with E-state index in [1.807, 2.05) is 0 Å². The predicted molar refractivity (Wildman–Crippen MR) is 609 cm³/mol. The van der Waals surface area contributed by atoms with Gasteiger partial charge in [0.05, 0.1) is 67.0 Å². The summed E-state index contributed by atoms with van der Waals surface area (Å²) in [7, 11) is 0. The summed E-state index contributed by atoms with van der Waals surface area (Å²) < 4.78 is 4.78. The van der Waals surface area contributed by atoms with Crippen molar-refractivity contribution in [3.05, 3.63) is 615 Å². The molecule has 29 rings (SSSR count). The highest BCUT2D eigenvalue weighted by Gasteiger charge is 2.54. The second-order valence-electron chi connectivity index (χ2n) is 38.3. The fourth-order valence-corrected chi connectivity index (χ4v) is 24.8. The van der Waals surface area contributed by atoms with Crippen LogP contribution in [0.2, 0.25) is 0 Å². The molecule has 146 heavy (non-hydrogen) atoms. The fraction of sp³-hybridized carbons (Fsp3) is 0.0143. The van der Waals surface area contributed by atoms with Crippen molar-refractivity contribution in [3.8, 4) is 89.3 Å². The number of nitrogens with zero attached hydrogens (tertiary/aromatic N) is 6. The van der Waals surface area contributed by atoms with E-state index in [0.29, 0.717) is 0 Å². The van der Waals surface area contributed by atoms with Crippen LogP contribution in [0, 0.1) is 0 Å². The van der Waals surface area contributed by atoms with Gasteiger partial charge in [0.25, 0.3) is 0 Å². The second kappa shape index (κ2) is 35.0. The van der Waals surface area contributed by atoms with Crippen molar-refractivity contribution >= 4 is 112 Å². The molecule has 25 aromatic rings. The predicted octanol–water partition coefficient (Wildman–Crippen LogP) is 37.1. The van der Waals surface area contributed by atoms with Gasteiger partial charge >= 0.3 is 0 Å². The molecule has 6 heteroatoms. The van der Waals surface area contributed by atoms with Crippen molar-refractivity contribution in [3.63, 3.8) is 0 Å². The normalized spacial score (nSPS) is 12.9. The van der Waals surface area contributed by atoms with Crippen molar-refractivity contribution in [1.82, 2.24) is 9.13 Å². The van der Waals surface area contributed by atoms with E-state index < -0.39 is 10.8 Å². The van der Waals surface area contributed by atoms with Gasteiger partial charge in [0.15, 0.2) is 0 Å². The number of benzene rings is 23. The van der Waals surface area contributed by atoms with Crippen LogP contribution in [0.4, 0.5) is 68.2 Å². The van der Waals surface area contributed by atoms with Gasteiger partial charge in [-0.2, -0.15) is 0 Å². The average molecular weight is 1860 g/mol. The van der Waals surface area contributed by atoms with Crippen molar-refractivity contribution in [1.29, 1.82) is 0 Å². The molecule has 0 saturated carbocycles. The van der Waals surface area contributed by atoms with Gasteiger partial charge in [0.1, 0.15) is 0 Å². The molecule has 0 fully saturated rings. The van der Waals surface area contributed by atoms with E-state index in [1.165, 1.54) is 167 Å². The second-order valence-corrected chi connectivity index (χ2v) is 38.3. The summed E-state index contributed by atoms with van der Waals surface area (Å²) in [5, 5.41) is 5.03. The Morgan fingerprint density at radius 1 is 0.144 bits per heavy atom. The molecule has 2 spiro atoms. The molecule has 0 unspecified atom stereocenters. The third-order valence-electron chi connectivity index (χ3n) is 30.8. The lowest BCUT2D eigenvalue weighted by molar-refractivity contribution is 0.752. The summed E-state index contributed by atoms with van der Waals surface area (Å²) in [6.45, 7) is 0. The van der Waals surface area contributed by atoms with Crippen LogP contribution in [0.3, 0.4) is 0 Å². The van der Waals surface area contributed by atoms with E-state index in [0.717, 1.165) is 79.1 Å². The molecule has 0 bridgehead atoms. The zero-order valence-corrected chi connectivity index (χ0v) is 80.0. The Morgan fingerprint density at radius 3 is 0.747 bits per heavy atom. The Morgan fingerprint density at radius 2 is 0.390 bits per heavy atom. The minimum Gasteiger partial charge on any atom is -0.310 e. The van der Waals surface area contributed by atoms with Crippen LogP contribution in [0.1, 0.15) is 44.5 Å². The summed E-state index contributed by atoms with van der Waals surface area (Å²) in [6.07, 6.45) is 0. The highest BCUT2D eigenvalue weighted by molar-refractivity contribution is 6.12. The number of fused-ring (bicyclic) bond motifs is 24. The average Bonchev–Trinajstić information content (AvgIpc) is 1.49. The monoisotopic (exact) mass is 1860 g/mol. The summed E-state index contributed by atoms with van der Waals surface area (Å²) >= 11 is 0. The van der Waals surface area contributed by atoms with E-state index >= 15 is 0 Å². The van der Waals surface area contributed by atoms with Crippen LogP contribution in [0.25, 0.3) is 133 Å². The minimum atomic E-state index is -0.610. The van der Waals surface area contributed by atoms with Gasteiger partial charge in [-0.25, -0.2) is 0 Å². The molecule has 23 aromatic carbocycles. The number of hydrogen-bond acceptors (Lipinski definition) is 4. The maximum atomic E-state index is 2.50. The molecule has 4 heterocycles. The van der Waals surface area contributed by atoms with Gasteiger partial charge < -0.3 is 28.7 Å². The molecule has 0 amide bonds. The Balaban J connectivity index is 0.000000142. The van der Waals surface area contributed by atoms with E-state index in [2.05, 4.69) is 599 Å². The number of hydrogen-bond donors (Lipinski definition) is 0. The van der Waals surface area contributed by atoms with Crippen LogP contribution in [-0.2, 0) is 10.8 Å². The van der Waals surface area contributed by atoms with Crippen LogP contribution < -0.4 is 19.6 Å². The van der Waals surface area contributed by atoms with E-state index in [9.17, 15) is 0 Å². The number of aromatic nitrogens is 2. The topological polar surface area (TPSA) is 22.8 Å². The van der Waals surface area contributed by atoms with Crippen molar-refractivity contribution in [2.75, 3.05) is 19.6 Å². The molecular weight excluding hydrogens is 1770 g/mol. The fourth-order valence-electron chi connectivity index (χ4n) is 24.8.